The van der Waals surface area contributed by atoms with Gasteiger partial charge in [-0.25, -0.2) is 4.98 Å². The molecule has 5 nitrogen and oxygen atoms in total. The standard InChI is InChI=1S/C13H16N4OS/c14-10-5-3-8(4-6-10)11(18)7-15-13-16-12(17-19-13)9-1-2-9/h3-6,9,11,18H,1-2,7,14H2,(H,15,16,17). The number of benzene rings is 1. The lowest BCUT2D eigenvalue weighted by Gasteiger charge is -2.11. The first-order chi connectivity index (χ1) is 9.22. The van der Waals surface area contributed by atoms with E-state index in [9.17, 15) is 5.11 Å². The number of aliphatic hydroxyl groups is 1. The normalized spacial score (nSPS) is 16.3. The van der Waals surface area contributed by atoms with Crippen molar-refractivity contribution < 1.29 is 5.11 Å². The Morgan fingerprint density at radius 3 is 2.79 bits per heavy atom. The Kier molecular flexibility index (Phi) is 3.35. The van der Waals surface area contributed by atoms with Gasteiger partial charge in [0, 0.05) is 29.7 Å². The highest BCUT2D eigenvalue weighted by Gasteiger charge is 2.27. The lowest BCUT2D eigenvalue weighted by molar-refractivity contribution is 0.191. The maximum Gasteiger partial charge on any atom is 0.202 e. The van der Waals surface area contributed by atoms with Crippen molar-refractivity contribution in [3.8, 4) is 0 Å². The van der Waals surface area contributed by atoms with Gasteiger partial charge in [0.15, 0.2) is 0 Å². The van der Waals surface area contributed by atoms with Crippen LogP contribution in [0.5, 0.6) is 0 Å². The van der Waals surface area contributed by atoms with Crippen molar-refractivity contribution in [1.29, 1.82) is 0 Å². The van der Waals surface area contributed by atoms with E-state index in [1.54, 1.807) is 12.1 Å². The van der Waals surface area contributed by atoms with Crippen LogP contribution in [0.4, 0.5) is 10.8 Å². The zero-order chi connectivity index (χ0) is 13.2. The third-order valence-electron chi connectivity index (χ3n) is 3.15. The molecule has 6 heteroatoms. The van der Waals surface area contributed by atoms with E-state index >= 15 is 0 Å². The average molecular weight is 276 g/mol. The van der Waals surface area contributed by atoms with Crippen molar-refractivity contribution in [2.24, 2.45) is 0 Å². The average Bonchev–Trinajstić information content (AvgIpc) is 3.16. The minimum absolute atomic E-state index is 0.420. The number of nitrogens with zero attached hydrogens (tertiary/aromatic N) is 2. The number of nitrogens with two attached hydrogens (primary N) is 1. The van der Waals surface area contributed by atoms with E-state index in [2.05, 4.69) is 14.7 Å². The number of aromatic nitrogens is 2. The highest BCUT2D eigenvalue weighted by Crippen LogP contribution is 2.39. The van der Waals surface area contributed by atoms with Gasteiger partial charge in [-0.15, -0.1) is 0 Å². The van der Waals surface area contributed by atoms with E-state index in [0.29, 0.717) is 18.2 Å². The van der Waals surface area contributed by atoms with E-state index in [4.69, 9.17) is 5.73 Å². The van der Waals surface area contributed by atoms with Crippen LogP contribution in [0.3, 0.4) is 0 Å². The Morgan fingerprint density at radius 2 is 2.11 bits per heavy atom. The van der Waals surface area contributed by atoms with Crippen LogP contribution in [-0.4, -0.2) is 21.0 Å². The maximum atomic E-state index is 10.1. The summed E-state index contributed by atoms with van der Waals surface area (Å²) in [5, 5.41) is 14.0. The summed E-state index contributed by atoms with van der Waals surface area (Å²) in [6, 6.07) is 7.23. The summed E-state index contributed by atoms with van der Waals surface area (Å²) < 4.78 is 4.31. The van der Waals surface area contributed by atoms with E-state index in [-0.39, 0.29) is 0 Å². The zero-order valence-corrected chi connectivity index (χ0v) is 11.2. The number of hydrogen-bond acceptors (Lipinski definition) is 6. The zero-order valence-electron chi connectivity index (χ0n) is 10.4. The smallest absolute Gasteiger partial charge is 0.202 e. The molecule has 0 spiro atoms. The topological polar surface area (TPSA) is 84.1 Å². The molecule has 0 aliphatic heterocycles. The molecule has 1 aromatic heterocycles. The molecule has 1 fully saturated rings. The summed E-state index contributed by atoms with van der Waals surface area (Å²) in [7, 11) is 0. The van der Waals surface area contributed by atoms with Gasteiger partial charge in [0.25, 0.3) is 0 Å². The summed E-state index contributed by atoms with van der Waals surface area (Å²) in [4.78, 5) is 4.42. The van der Waals surface area contributed by atoms with Crippen molar-refractivity contribution in [2.75, 3.05) is 17.6 Å². The fourth-order valence-corrected chi connectivity index (χ4v) is 2.49. The van der Waals surface area contributed by atoms with Crippen LogP contribution in [0, 0.1) is 0 Å². The molecular weight excluding hydrogens is 260 g/mol. The van der Waals surface area contributed by atoms with E-state index < -0.39 is 6.10 Å². The highest BCUT2D eigenvalue weighted by molar-refractivity contribution is 7.09. The number of rotatable bonds is 5. The molecule has 2 aromatic rings. The highest BCUT2D eigenvalue weighted by atomic mass is 32.1. The van der Waals surface area contributed by atoms with Gasteiger partial charge in [0.1, 0.15) is 5.82 Å². The van der Waals surface area contributed by atoms with Crippen LogP contribution >= 0.6 is 11.5 Å². The Bertz CT molecular complexity index is 550. The van der Waals surface area contributed by atoms with Gasteiger partial charge in [0.2, 0.25) is 5.13 Å². The van der Waals surface area contributed by atoms with E-state index in [1.165, 1.54) is 24.4 Å². The van der Waals surface area contributed by atoms with Gasteiger partial charge in [-0.2, -0.15) is 4.37 Å². The minimum Gasteiger partial charge on any atom is -0.399 e. The SMILES string of the molecule is Nc1ccc(C(O)CNc2nc(C3CC3)ns2)cc1. The van der Waals surface area contributed by atoms with Gasteiger partial charge >= 0.3 is 0 Å². The molecule has 1 unspecified atom stereocenters. The first kappa shape index (κ1) is 12.4. The second-order valence-electron chi connectivity index (χ2n) is 4.80. The van der Waals surface area contributed by atoms with Gasteiger partial charge < -0.3 is 16.2 Å². The van der Waals surface area contributed by atoms with Crippen LogP contribution in [0.15, 0.2) is 24.3 Å². The first-order valence-electron chi connectivity index (χ1n) is 6.33. The Balaban J connectivity index is 1.56. The molecule has 3 rings (SSSR count). The Morgan fingerprint density at radius 1 is 1.37 bits per heavy atom. The number of nitrogens with one attached hydrogen (secondary N) is 1. The first-order valence-corrected chi connectivity index (χ1v) is 7.10. The lowest BCUT2D eigenvalue weighted by atomic mass is 10.1. The minimum atomic E-state index is -0.575. The van der Waals surface area contributed by atoms with Crippen LogP contribution in [-0.2, 0) is 0 Å². The monoisotopic (exact) mass is 276 g/mol. The molecule has 19 heavy (non-hydrogen) atoms. The van der Waals surface area contributed by atoms with Crippen molar-refractivity contribution in [3.63, 3.8) is 0 Å². The third kappa shape index (κ3) is 3.02. The molecule has 4 N–H and O–H groups in total. The van der Waals surface area contributed by atoms with Crippen molar-refractivity contribution in [2.45, 2.75) is 24.9 Å². The van der Waals surface area contributed by atoms with Crippen molar-refractivity contribution in [3.05, 3.63) is 35.7 Å². The Labute approximate surface area is 115 Å². The Hall–Kier alpha value is -1.66. The van der Waals surface area contributed by atoms with Gasteiger partial charge in [-0.3, -0.25) is 0 Å². The summed E-state index contributed by atoms with van der Waals surface area (Å²) in [5.41, 5.74) is 7.15. The molecule has 1 aliphatic carbocycles. The van der Waals surface area contributed by atoms with Gasteiger partial charge in [-0.05, 0) is 30.5 Å². The van der Waals surface area contributed by atoms with Crippen LogP contribution in [0.1, 0.15) is 36.3 Å². The molecule has 0 amide bonds. The van der Waals surface area contributed by atoms with Crippen molar-refractivity contribution in [1.82, 2.24) is 9.36 Å². The molecule has 1 aromatic carbocycles. The molecule has 1 saturated carbocycles. The van der Waals surface area contributed by atoms with Crippen LogP contribution < -0.4 is 11.1 Å². The molecular formula is C13H16N4OS. The summed E-state index contributed by atoms with van der Waals surface area (Å²) in [6.07, 6.45) is 1.82. The second-order valence-corrected chi connectivity index (χ2v) is 5.55. The molecule has 1 heterocycles. The van der Waals surface area contributed by atoms with Gasteiger partial charge in [0.05, 0.1) is 6.10 Å². The lowest BCUT2D eigenvalue weighted by Crippen LogP contribution is -2.12. The number of hydrogen-bond donors (Lipinski definition) is 3. The molecule has 100 valence electrons. The van der Waals surface area contributed by atoms with E-state index in [0.717, 1.165) is 16.5 Å². The molecule has 1 atom stereocenters. The maximum absolute atomic E-state index is 10.1. The summed E-state index contributed by atoms with van der Waals surface area (Å²) >= 11 is 1.35. The summed E-state index contributed by atoms with van der Waals surface area (Å²) in [6.45, 7) is 0.420. The van der Waals surface area contributed by atoms with Crippen molar-refractivity contribution >= 4 is 22.4 Å². The molecule has 0 bridgehead atoms. The van der Waals surface area contributed by atoms with Crippen LogP contribution in [0.25, 0.3) is 0 Å². The number of anilines is 2. The predicted octanol–water partition coefficient (Wildman–Crippen LogP) is 2.14. The fourth-order valence-electron chi connectivity index (χ4n) is 1.83. The largest absolute Gasteiger partial charge is 0.399 e. The molecule has 0 saturated heterocycles. The fraction of sp³-hybridized carbons (Fsp3) is 0.385. The number of nitrogen functional groups attached to an aromatic ring is 1. The van der Waals surface area contributed by atoms with Crippen LogP contribution in [0.2, 0.25) is 0 Å². The van der Waals surface area contributed by atoms with E-state index in [1.807, 2.05) is 12.1 Å². The molecule has 0 radical (unpaired) electrons. The summed E-state index contributed by atoms with van der Waals surface area (Å²) in [5.74, 6) is 1.50. The number of aliphatic hydroxyl groups excluding tert-OH is 1. The van der Waals surface area contributed by atoms with Gasteiger partial charge in [-0.1, -0.05) is 12.1 Å². The molecule has 1 aliphatic rings. The quantitative estimate of drug-likeness (QED) is 0.729. The second kappa shape index (κ2) is 5.14. The third-order valence-corrected chi connectivity index (χ3v) is 3.84. The predicted molar refractivity (Wildman–Crippen MR) is 76.2 cm³/mol.